The van der Waals surface area contributed by atoms with Gasteiger partial charge in [-0.05, 0) is 29.7 Å². The van der Waals surface area contributed by atoms with Crippen LogP contribution in [0, 0.1) is 12.8 Å². The number of carboxylic acids is 1. The number of pyridine rings is 1. The molecule has 0 unspecified atom stereocenters. The highest BCUT2D eigenvalue weighted by molar-refractivity contribution is 5.84. The minimum atomic E-state index is -0.715. The Balaban J connectivity index is 1.62. The minimum Gasteiger partial charge on any atom is -0.481 e. The molecule has 2 atom stereocenters. The number of nitrogens with zero attached hydrogens (tertiary/aromatic N) is 2. The lowest BCUT2D eigenvalue weighted by Crippen LogP contribution is -2.23. The quantitative estimate of drug-likeness (QED) is 0.780. The number of benzene rings is 2. The van der Waals surface area contributed by atoms with Crippen molar-refractivity contribution in [1.29, 1.82) is 0 Å². The summed E-state index contributed by atoms with van der Waals surface area (Å²) in [6, 6.07) is 18.3. The van der Waals surface area contributed by atoms with Crippen LogP contribution >= 0.6 is 0 Å². The van der Waals surface area contributed by atoms with Crippen molar-refractivity contribution in [3.63, 3.8) is 0 Å². The Morgan fingerprint density at radius 2 is 1.92 bits per heavy atom. The summed E-state index contributed by atoms with van der Waals surface area (Å²) in [5.74, 6) is -1.06. The average molecular weight is 346 g/mol. The molecule has 4 nitrogen and oxygen atoms in total. The van der Waals surface area contributed by atoms with Crippen LogP contribution in [0.15, 0.2) is 60.8 Å². The van der Waals surface area contributed by atoms with Crippen molar-refractivity contribution < 1.29 is 9.90 Å². The molecule has 4 rings (SSSR count). The van der Waals surface area contributed by atoms with Crippen LogP contribution < -0.4 is 0 Å². The van der Waals surface area contributed by atoms with E-state index in [0.717, 1.165) is 29.7 Å². The smallest absolute Gasteiger partial charge is 0.308 e. The molecule has 4 heteroatoms. The van der Waals surface area contributed by atoms with Crippen LogP contribution in [0.2, 0.25) is 0 Å². The molecule has 1 fully saturated rings. The standard InChI is InChI=1S/C22H22N2O2/c1-15-9-10-17(21-18(15)8-5-11-23-21)12-24-13-19(20(14-24)22(25)26)16-6-3-2-4-7-16/h2-11,19-20H,12-14H2,1H3,(H,25,26)/t19-,20+/m1/s1. The highest BCUT2D eigenvalue weighted by atomic mass is 16.4. The summed E-state index contributed by atoms with van der Waals surface area (Å²) < 4.78 is 0. The molecular formula is C22H22N2O2. The molecular weight excluding hydrogens is 324 g/mol. The van der Waals surface area contributed by atoms with Gasteiger partial charge in [0.15, 0.2) is 0 Å². The van der Waals surface area contributed by atoms with Gasteiger partial charge in [-0.25, -0.2) is 0 Å². The van der Waals surface area contributed by atoms with Crippen LogP contribution in [-0.4, -0.2) is 34.0 Å². The molecule has 1 aliphatic rings. The summed E-state index contributed by atoms with van der Waals surface area (Å²) in [5, 5.41) is 10.9. The largest absolute Gasteiger partial charge is 0.481 e. The Kier molecular flexibility index (Phi) is 4.43. The average Bonchev–Trinajstić information content (AvgIpc) is 3.09. The van der Waals surface area contributed by atoms with Crippen molar-refractivity contribution in [1.82, 2.24) is 9.88 Å². The summed E-state index contributed by atoms with van der Waals surface area (Å²) in [5.41, 5.74) is 4.49. The van der Waals surface area contributed by atoms with E-state index in [1.165, 1.54) is 10.9 Å². The molecule has 0 bridgehead atoms. The van der Waals surface area contributed by atoms with Gasteiger partial charge in [-0.2, -0.15) is 0 Å². The third-order valence-corrected chi connectivity index (χ3v) is 5.41. The molecule has 1 aromatic heterocycles. The number of fused-ring (bicyclic) bond motifs is 1. The maximum absolute atomic E-state index is 11.8. The van der Waals surface area contributed by atoms with Crippen molar-refractivity contribution in [2.24, 2.45) is 5.92 Å². The molecule has 0 amide bonds. The first-order valence-corrected chi connectivity index (χ1v) is 8.97. The number of aliphatic carboxylic acids is 1. The number of hydrogen-bond donors (Lipinski definition) is 1. The number of likely N-dealkylation sites (tertiary alicyclic amines) is 1. The van der Waals surface area contributed by atoms with Gasteiger partial charge in [0.1, 0.15) is 0 Å². The van der Waals surface area contributed by atoms with E-state index in [1.54, 1.807) is 0 Å². The first kappa shape index (κ1) is 16.7. The van der Waals surface area contributed by atoms with Crippen molar-refractivity contribution >= 4 is 16.9 Å². The van der Waals surface area contributed by atoms with Gasteiger partial charge < -0.3 is 5.11 Å². The molecule has 0 radical (unpaired) electrons. The van der Waals surface area contributed by atoms with E-state index in [2.05, 4.69) is 35.0 Å². The number of carboxylic acid groups (broad SMARTS) is 1. The Hall–Kier alpha value is -2.72. The Morgan fingerprint density at radius 1 is 1.12 bits per heavy atom. The molecule has 1 saturated heterocycles. The molecule has 132 valence electrons. The number of rotatable bonds is 4. The highest BCUT2D eigenvalue weighted by Crippen LogP contribution is 2.34. The fourth-order valence-electron chi connectivity index (χ4n) is 4.04. The van der Waals surface area contributed by atoms with Crippen molar-refractivity contribution in [2.75, 3.05) is 13.1 Å². The lowest BCUT2D eigenvalue weighted by Gasteiger charge is -2.17. The SMILES string of the molecule is Cc1ccc(CN2C[C@H](C(=O)O)[C@@H](c3ccccc3)C2)c2ncccc12. The van der Waals surface area contributed by atoms with E-state index in [4.69, 9.17) is 0 Å². The van der Waals surface area contributed by atoms with Crippen LogP contribution in [0.25, 0.3) is 10.9 Å². The van der Waals surface area contributed by atoms with E-state index >= 15 is 0 Å². The first-order chi connectivity index (χ1) is 12.6. The normalized spacial score (nSPS) is 20.5. The zero-order valence-corrected chi connectivity index (χ0v) is 14.8. The van der Waals surface area contributed by atoms with Gasteiger partial charge >= 0.3 is 5.97 Å². The Morgan fingerprint density at radius 3 is 2.69 bits per heavy atom. The minimum absolute atomic E-state index is 0.0263. The number of carbonyl (C=O) groups is 1. The van der Waals surface area contributed by atoms with Gasteiger partial charge in [0.2, 0.25) is 0 Å². The number of aryl methyl sites for hydroxylation is 1. The molecule has 1 N–H and O–H groups in total. The molecule has 1 aliphatic heterocycles. The maximum Gasteiger partial charge on any atom is 0.308 e. The molecule has 0 aliphatic carbocycles. The third kappa shape index (κ3) is 3.08. The highest BCUT2D eigenvalue weighted by Gasteiger charge is 2.38. The lowest BCUT2D eigenvalue weighted by molar-refractivity contribution is -0.141. The third-order valence-electron chi connectivity index (χ3n) is 5.41. The van der Waals surface area contributed by atoms with E-state index in [9.17, 15) is 9.90 Å². The second-order valence-corrected chi connectivity index (χ2v) is 7.10. The first-order valence-electron chi connectivity index (χ1n) is 8.97. The van der Waals surface area contributed by atoms with E-state index < -0.39 is 5.97 Å². The van der Waals surface area contributed by atoms with Gasteiger partial charge in [0.05, 0.1) is 11.4 Å². The van der Waals surface area contributed by atoms with Gasteiger partial charge in [0.25, 0.3) is 0 Å². The second kappa shape index (κ2) is 6.89. The van der Waals surface area contributed by atoms with Gasteiger partial charge in [-0.15, -0.1) is 0 Å². The molecule has 2 heterocycles. The predicted molar refractivity (Wildman–Crippen MR) is 102 cm³/mol. The van der Waals surface area contributed by atoms with E-state index in [-0.39, 0.29) is 11.8 Å². The summed E-state index contributed by atoms with van der Waals surface area (Å²) in [6.45, 7) is 4.14. The predicted octanol–water partition coefficient (Wildman–Crippen LogP) is 3.84. The van der Waals surface area contributed by atoms with Crippen LogP contribution in [-0.2, 0) is 11.3 Å². The lowest BCUT2D eigenvalue weighted by atomic mass is 9.89. The summed E-state index contributed by atoms with van der Waals surface area (Å²) in [7, 11) is 0. The van der Waals surface area contributed by atoms with Crippen LogP contribution in [0.4, 0.5) is 0 Å². The zero-order chi connectivity index (χ0) is 18.1. The summed E-state index contributed by atoms with van der Waals surface area (Å²) in [6.07, 6.45) is 1.82. The molecule has 26 heavy (non-hydrogen) atoms. The van der Waals surface area contributed by atoms with Gasteiger partial charge in [0, 0.05) is 37.1 Å². The van der Waals surface area contributed by atoms with Crippen LogP contribution in [0.3, 0.4) is 0 Å². The molecule has 3 aromatic rings. The van der Waals surface area contributed by atoms with Crippen LogP contribution in [0.5, 0.6) is 0 Å². The Bertz CT molecular complexity index is 939. The number of hydrogen-bond acceptors (Lipinski definition) is 3. The molecule has 0 saturated carbocycles. The monoisotopic (exact) mass is 346 g/mol. The van der Waals surface area contributed by atoms with Crippen molar-refractivity contribution in [3.05, 3.63) is 77.5 Å². The maximum atomic E-state index is 11.8. The Labute approximate surface area is 153 Å². The summed E-state index contributed by atoms with van der Waals surface area (Å²) >= 11 is 0. The molecule has 0 spiro atoms. The van der Waals surface area contributed by atoms with E-state index in [1.807, 2.05) is 42.6 Å². The fourth-order valence-corrected chi connectivity index (χ4v) is 4.04. The van der Waals surface area contributed by atoms with Gasteiger partial charge in [-0.1, -0.05) is 48.5 Å². The van der Waals surface area contributed by atoms with E-state index in [0.29, 0.717) is 6.54 Å². The fraction of sp³-hybridized carbons (Fsp3) is 0.273. The topological polar surface area (TPSA) is 53.4 Å². The molecule has 2 aromatic carbocycles. The zero-order valence-electron chi connectivity index (χ0n) is 14.8. The number of aromatic nitrogens is 1. The second-order valence-electron chi connectivity index (χ2n) is 7.10. The van der Waals surface area contributed by atoms with Crippen molar-refractivity contribution in [3.8, 4) is 0 Å². The van der Waals surface area contributed by atoms with Crippen LogP contribution in [0.1, 0.15) is 22.6 Å². The summed E-state index contributed by atoms with van der Waals surface area (Å²) in [4.78, 5) is 18.6. The van der Waals surface area contributed by atoms with Gasteiger partial charge in [-0.3, -0.25) is 14.7 Å². The van der Waals surface area contributed by atoms with Crippen molar-refractivity contribution in [2.45, 2.75) is 19.4 Å².